The normalized spacial score (nSPS) is 25.0. The molecular weight excluding hydrogens is 248 g/mol. The molecule has 1 saturated heterocycles. The Morgan fingerprint density at radius 2 is 2.25 bits per heavy atom. The fraction of sp³-hybridized carbons (Fsp3) is 0.647. The minimum Gasteiger partial charge on any atom is -0.395 e. The fourth-order valence-corrected chi connectivity index (χ4v) is 3.32. The van der Waals surface area contributed by atoms with E-state index in [-0.39, 0.29) is 6.61 Å². The van der Waals surface area contributed by atoms with Crippen molar-refractivity contribution in [2.45, 2.75) is 38.8 Å². The molecule has 3 atom stereocenters. The third-order valence-corrected chi connectivity index (χ3v) is 4.68. The summed E-state index contributed by atoms with van der Waals surface area (Å²) in [5.74, 6) is 0.618. The summed E-state index contributed by atoms with van der Waals surface area (Å²) in [6.07, 6.45) is 2.29. The highest BCUT2D eigenvalue weighted by molar-refractivity contribution is 5.25. The molecule has 1 aliphatic rings. The maximum atomic E-state index is 9.53. The summed E-state index contributed by atoms with van der Waals surface area (Å²) in [6, 6.07) is 9.47. The van der Waals surface area contributed by atoms with Crippen molar-refractivity contribution in [3.8, 4) is 0 Å². The number of benzene rings is 1. The van der Waals surface area contributed by atoms with Crippen molar-refractivity contribution in [3.05, 3.63) is 35.4 Å². The van der Waals surface area contributed by atoms with Gasteiger partial charge >= 0.3 is 0 Å². The van der Waals surface area contributed by atoms with Crippen LogP contribution >= 0.6 is 0 Å². The van der Waals surface area contributed by atoms with E-state index in [1.54, 1.807) is 0 Å². The summed E-state index contributed by atoms with van der Waals surface area (Å²) in [4.78, 5) is 2.45. The lowest BCUT2D eigenvalue weighted by molar-refractivity contribution is 0.135. The number of aliphatic hydroxyl groups is 1. The third kappa shape index (κ3) is 3.60. The molecule has 1 heterocycles. The Labute approximate surface area is 123 Å². The molecule has 1 aliphatic heterocycles. The molecule has 1 aromatic carbocycles. The lowest BCUT2D eigenvalue weighted by atomic mass is 10.0. The molecule has 3 unspecified atom stereocenters. The second-order valence-electron chi connectivity index (χ2n) is 6.10. The van der Waals surface area contributed by atoms with E-state index in [9.17, 15) is 5.11 Å². The highest BCUT2D eigenvalue weighted by atomic mass is 16.3. The van der Waals surface area contributed by atoms with Gasteiger partial charge in [0.2, 0.25) is 0 Å². The van der Waals surface area contributed by atoms with Crippen LogP contribution < -0.4 is 5.32 Å². The lowest BCUT2D eigenvalue weighted by Gasteiger charge is -2.27. The summed E-state index contributed by atoms with van der Waals surface area (Å²) in [7, 11) is 2.03. The van der Waals surface area contributed by atoms with Crippen molar-refractivity contribution in [1.29, 1.82) is 0 Å². The molecule has 0 aliphatic carbocycles. The average molecular weight is 276 g/mol. The number of aliphatic hydroxyl groups excluding tert-OH is 1. The van der Waals surface area contributed by atoms with Crippen LogP contribution in [0.1, 0.15) is 36.9 Å². The first-order valence-corrected chi connectivity index (χ1v) is 7.74. The van der Waals surface area contributed by atoms with Crippen LogP contribution in [0.25, 0.3) is 0 Å². The molecular formula is C17H28N2O. The second-order valence-corrected chi connectivity index (χ2v) is 6.10. The summed E-state index contributed by atoms with van der Waals surface area (Å²) in [5, 5.41) is 12.9. The van der Waals surface area contributed by atoms with E-state index in [2.05, 4.69) is 48.3 Å². The highest BCUT2D eigenvalue weighted by Crippen LogP contribution is 2.25. The van der Waals surface area contributed by atoms with Gasteiger partial charge in [0.1, 0.15) is 0 Å². The first-order valence-electron chi connectivity index (χ1n) is 7.74. The van der Waals surface area contributed by atoms with E-state index in [0.717, 1.165) is 19.5 Å². The maximum Gasteiger partial charge on any atom is 0.0589 e. The number of rotatable bonds is 6. The molecule has 1 fully saturated rings. The molecule has 1 aromatic rings. The van der Waals surface area contributed by atoms with Gasteiger partial charge in [-0.25, -0.2) is 0 Å². The lowest BCUT2D eigenvalue weighted by Crippen LogP contribution is -2.37. The Balaban J connectivity index is 1.94. The van der Waals surface area contributed by atoms with Crippen molar-refractivity contribution in [1.82, 2.24) is 10.2 Å². The minimum atomic E-state index is 0.288. The number of aryl methyl sites for hydroxylation is 1. The number of hydrogen-bond acceptors (Lipinski definition) is 3. The van der Waals surface area contributed by atoms with Gasteiger partial charge in [0.25, 0.3) is 0 Å². The Morgan fingerprint density at radius 3 is 2.90 bits per heavy atom. The van der Waals surface area contributed by atoms with E-state index < -0.39 is 0 Å². The van der Waals surface area contributed by atoms with Gasteiger partial charge in [-0.3, -0.25) is 4.90 Å². The van der Waals surface area contributed by atoms with E-state index in [4.69, 9.17) is 0 Å². The van der Waals surface area contributed by atoms with Crippen molar-refractivity contribution < 1.29 is 5.11 Å². The van der Waals surface area contributed by atoms with E-state index in [0.29, 0.717) is 18.0 Å². The molecule has 20 heavy (non-hydrogen) atoms. The van der Waals surface area contributed by atoms with Gasteiger partial charge in [-0.2, -0.15) is 0 Å². The molecule has 0 amide bonds. The summed E-state index contributed by atoms with van der Waals surface area (Å²) >= 11 is 0. The van der Waals surface area contributed by atoms with Crippen molar-refractivity contribution in [2.24, 2.45) is 5.92 Å². The Bertz CT molecular complexity index is 421. The largest absolute Gasteiger partial charge is 0.395 e. The standard InChI is InChI=1S/C17H28N2O/c1-13-5-4-6-15(11-13)16(18-3)8-10-19-9-7-14(2)17(19)12-20/h4-6,11,14,16-18,20H,7-10,12H2,1-3H3. The highest BCUT2D eigenvalue weighted by Gasteiger charge is 2.30. The summed E-state index contributed by atoms with van der Waals surface area (Å²) < 4.78 is 0. The first kappa shape index (κ1) is 15.5. The predicted molar refractivity (Wildman–Crippen MR) is 83.8 cm³/mol. The zero-order valence-electron chi connectivity index (χ0n) is 13.0. The second kappa shape index (κ2) is 7.21. The van der Waals surface area contributed by atoms with Crippen molar-refractivity contribution in [3.63, 3.8) is 0 Å². The minimum absolute atomic E-state index is 0.288. The van der Waals surface area contributed by atoms with Gasteiger partial charge in [0.05, 0.1) is 6.61 Å². The van der Waals surface area contributed by atoms with Crippen LogP contribution in [0, 0.1) is 12.8 Å². The van der Waals surface area contributed by atoms with Gasteiger partial charge in [0, 0.05) is 18.6 Å². The van der Waals surface area contributed by atoms with Crippen LogP contribution in [0.5, 0.6) is 0 Å². The summed E-state index contributed by atoms with van der Waals surface area (Å²) in [5.41, 5.74) is 2.67. The fourth-order valence-electron chi connectivity index (χ4n) is 3.32. The maximum absolute atomic E-state index is 9.53. The van der Waals surface area contributed by atoms with E-state index in [1.165, 1.54) is 17.5 Å². The number of likely N-dealkylation sites (tertiary alicyclic amines) is 1. The zero-order valence-corrected chi connectivity index (χ0v) is 13.0. The third-order valence-electron chi connectivity index (χ3n) is 4.68. The van der Waals surface area contributed by atoms with Crippen LogP contribution in [0.3, 0.4) is 0 Å². The van der Waals surface area contributed by atoms with Gasteiger partial charge in [-0.15, -0.1) is 0 Å². The van der Waals surface area contributed by atoms with Crippen molar-refractivity contribution in [2.75, 3.05) is 26.7 Å². The number of nitrogens with zero attached hydrogens (tertiary/aromatic N) is 1. The monoisotopic (exact) mass is 276 g/mol. The molecule has 3 nitrogen and oxygen atoms in total. The van der Waals surface area contributed by atoms with E-state index >= 15 is 0 Å². The number of hydrogen-bond donors (Lipinski definition) is 2. The van der Waals surface area contributed by atoms with Crippen LogP contribution in [0.4, 0.5) is 0 Å². The van der Waals surface area contributed by atoms with Gasteiger partial charge < -0.3 is 10.4 Å². The Kier molecular flexibility index (Phi) is 5.58. The van der Waals surface area contributed by atoms with E-state index in [1.807, 2.05) is 7.05 Å². The smallest absolute Gasteiger partial charge is 0.0589 e. The van der Waals surface area contributed by atoms with Crippen LogP contribution in [0.15, 0.2) is 24.3 Å². The van der Waals surface area contributed by atoms with Crippen LogP contribution in [0.2, 0.25) is 0 Å². The molecule has 0 aromatic heterocycles. The average Bonchev–Trinajstić information content (AvgIpc) is 2.80. The molecule has 0 spiro atoms. The Hall–Kier alpha value is -0.900. The molecule has 2 rings (SSSR count). The quantitative estimate of drug-likeness (QED) is 0.837. The molecule has 3 heteroatoms. The molecule has 112 valence electrons. The number of nitrogens with one attached hydrogen (secondary N) is 1. The Morgan fingerprint density at radius 1 is 1.45 bits per heavy atom. The topological polar surface area (TPSA) is 35.5 Å². The summed E-state index contributed by atoms with van der Waals surface area (Å²) in [6.45, 7) is 6.85. The van der Waals surface area contributed by atoms with Gasteiger partial charge in [0.15, 0.2) is 0 Å². The van der Waals surface area contributed by atoms with Crippen molar-refractivity contribution >= 4 is 0 Å². The first-order chi connectivity index (χ1) is 9.65. The molecule has 0 bridgehead atoms. The van der Waals surface area contributed by atoms with Gasteiger partial charge in [-0.1, -0.05) is 36.8 Å². The van der Waals surface area contributed by atoms with Crippen LogP contribution in [-0.4, -0.2) is 42.8 Å². The predicted octanol–water partition coefficient (Wildman–Crippen LogP) is 2.35. The van der Waals surface area contributed by atoms with Crippen LogP contribution in [-0.2, 0) is 0 Å². The van der Waals surface area contributed by atoms with Gasteiger partial charge in [-0.05, 0) is 44.8 Å². The SMILES string of the molecule is CNC(CCN1CCC(C)C1CO)c1cccc(C)c1. The molecule has 0 saturated carbocycles. The molecule has 2 N–H and O–H groups in total. The molecule has 0 radical (unpaired) electrons. The zero-order chi connectivity index (χ0) is 14.5.